The van der Waals surface area contributed by atoms with Crippen LogP contribution in [0, 0.1) is 11.3 Å². The lowest BCUT2D eigenvalue weighted by atomic mass is 10.2. The van der Waals surface area contributed by atoms with Crippen LogP contribution in [0.4, 0.5) is 0 Å². The molecule has 0 saturated heterocycles. The second-order valence-corrected chi connectivity index (χ2v) is 7.24. The highest BCUT2D eigenvalue weighted by Gasteiger charge is 2.17. The SMILES string of the molecule is CS(=O)(=O)NCCNS(=O)(=O)c1ccccc1C#N. The van der Waals surface area contributed by atoms with Crippen molar-refractivity contribution in [3.05, 3.63) is 29.8 Å². The van der Waals surface area contributed by atoms with Crippen molar-refractivity contribution in [3.63, 3.8) is 0 Å². The zero-order chi connectivity index (χ0) is 14.5. The van der Waals surface area contributed by atoms with Gasteiger partial charge in [-0.05, 0) is 12.1 Å². The monoisotopic (exact) mass is 303 g/mol. The summed E-state index contributed by atoms with van der Waals surface area (Å²) in [6.45, 7) is -0.165. The highest BCUT2D eigenvalue weighted by molar-refractivity contribution is 7.89. The first-order chi connectivity index (χ1) is 8.76. The van der Waals surface area contributed by atoms with Crippen molar-refractivity contribution in [1.29, 1.82) is 5.26 Å². The minimum atomic E-state index is -3.83. The first kappa shape index (κ1) is 15.6. The van der Waals surface area contributed by atoms with Crippen LogP contribution in [0.25, 0.3) is 0 Å². The topological polar surface area (TPSA) is 116 Å². The highest BCUT2D eigenvalue weighted by Crippen LogP contribution is 2.13. The molecule has 0 radical (unpaired) electrons. The van der Waals surface area contributed by atoms with Crippen molar-refractivity contribution in [2.45, 2.75) is 4.90 Å². The smallest absolute Gasteiger partial charge is 0.214 e. The number of hydrogen-bond acceptors (Lipinski definition) is 5. The van der Waals surface area contributed by atoms with Gasteiger partial charge in [-0.25, -0.2) is 26.3 Å². The predicted molar refractivity (Wildman–Crippen MR) is 69.2 cm³/mol. The predicted octanol–water partition coefficient (Wildman–Crippen LogP) is -0.614. The fraction of sp³-hybridized carbons (Fsp3) is 0.300. The highest BCUT2D eigenvalue weighted by atomic mass is 32.2. The molecule has 104 valence electrons. The molecular weight excluding hydrogens is 290 g/mol. The number of hydrogen-bond donors (Lipinski definition) is 2. The number of nitrogens with one attached hydrogen (secondary N) is 2. The molecule has 9 heteroatoms. The number of sulfonamides is 2. The lowest BCUT2D eigenvalue weighted by molar-refractivity contribution is 0.573. The Balaban J connectivity index is 2.75. The van der Waals surface area contributed by atoms with Crippen LogP contribution in [0.5, 0.6) is 0 Å². The summed E-state index contributed by atoms with van der Waals surface area (Å²) in [5.74, 6) is 0. The molecule has 0 bridgehead atoms. The number of rotatable bonds is 6. The van der Waals surface area contributed by atoms with E-state index in [1.54, 1.807) is 12.1 Å². The molecule has 1 aromatic carbocycles. The molecule has 19 heavy (non-hydrogen) atoms. The molecule has 0 spiro atoms. The Labute approximate surface area is 112 Å². The molecule has 1 aromatic rings. The average Bonchev–Trinajstić information content (AvgIpc) is 2.33. The van der Waals surface area contributed by atoms with E-state index in [9.17, 15) is 16.8 Å². The van der Waals surface area contributed by atoms with Crippen LogP contribution in [0.15, 0.2) is 29.2 Å². The first-order valence-corrected chi connectivity index (χ1v) is 8.57. The molecule has 0 fully saturated rings. The van der Waals surface area contributed by atoms with E-state index in [-0.39, 0.29) is 23.5 Å². The van der Waals surface area contributed by atoms with E-state index >= 15 is 0 Å². The molecule has 0 amide bonds. The van der Waals surface area contributed by atoms with Gasteiger partial charge in [-0.2, -0.15) is 5.26 Å². The summed E-state index contributed by atoms with van der Waals surface area (Å²) >= 11 is 0. The van der Waals surface area contributed by atoms with E-state index in [0.717, 1.165) is 6.26 Å². The van der Waals surface area contributed by atoms with Gasteiger partial charge in [0.15, 0.2) is 0 Å². The van der Waals surface area contributed by atoms with E-state index in [0.29, 0.717) is 0 Å². The van der Waals surface area contributed by atoms with Gasteiger partial charge in [-0.3, -0.25) is 0 Å². The standard InChI is InChI=1S/C10H13N3O4S2/c1-18(14,15)12-6-7-13-19(16,17)10-5-3-2-4-9(10)8-11/h2-5,12-13H,6-7H2,1H3. The summed E-state index contributed by atoms with van der Waals surface area (Å²) in [6.07, 6.45) is 0.979. The third-order valence-electron chi connectivity index (χ3n) is 2.08. The second kappa shape index (κ2) is 6.12. The van der Waals surface area contributed by atoms with Crippen molar-refractivity contribution < 1.29 is 16.8 Å². The zero-order valence-corrected chi connectivity index (χ0v) is 11.8. The molecule has 0 heterocycles. The minimum absolute atomic E-state index is 0.0334. The van der Waals surface area contributed by atoms with Gasteiger partial charge in [0, 0.05) is 13.1 Å². The van der Waals surface area contributed by atoms with Crippen LogP contribution in [0.2, 0.25) is 0 Å². The Morgan fingerprint density at radius 1 is 1.11 bits per heavy atom. The van der Waals surface area contributed by atoms with Gasteiger partial charge < -0.3 is 0 Å². The molecule has 0 atom stereocenters. The maximum atomic E-state index is 11.9. The molecule has 0 aliphatic heterocycles. The van der Waals surface area contributed by atoms with Gasteiger partial charge >= 0.3 is 0 Å². The number of nitrogens with zero attached hydrogens (tertiary/aromatic N) is 1. The average molecular weight is 303 g/mol. The van der Waals surface area contributed by atoms with Crippen molar-refractivity contribution in [2.75, 3.05) is 19.3 Å². The van der Waals surface area contributed by atoms with Crippen molar-refractivity contribution >= 4 is 20.0 Å². The molecule has 0 saturated carbocycles. The largest absolute Gasteiger partial charge is 0.241 e. The fourth-order valence-corrected chi connectivity index (χ4v) is 2.95. The third-order valence-corrected chi connectivity index (χ3v) is 4.33. The van der Waals surface area contributed by atoms with Gasteiger partial charge in [0.2, 0.25) is 20.0 Å². The van der Waals surface area contributed by atoms with Crippen molar-refractivity contribution in [1.82, 2.24) is 9.44 Å². The van der Waals surface area contributed by atoms with E-state index in [1.807, 2.05) is 0 Å². The minimum Gasteiger partial charge on any atom is -0.214 e. The van der Waals surface area contributed by atoms with Gasteiger partial charge in [0.1, 0.15) is 6.07 Å². The summed E-state index contributed by atoms with van der Waals surface area (Å²) in [6, 6.07) is 7.55. The van der Waals surface area contributed by atoms with Gasteiger partial charge in [-0.15, -0.1) is 0 Å². The Bertz CT molecular complexity index is 690. The van der Waals surface area contributed by atoms with Gasteiger partial charge in [-0.1, -0.05) is 12.1 Å². The van der Waals surface area contributed by atoms with E-state index in [1.165, 1.54) is 18.2 Å². The Morgan fingerprint density at radius 2 is 1.68 bits per heavy atom. The third kappa shape index (κ3) is 4.96. The normalized spacial score (nSPS) is 12.0. The molecule has 2 N–H and O–H groups in total. The van der Waals surface area contributed by atoms with E-state index < -0.39 is 20.0 Å². The number of benzene rings is 1. The van der Waals surface area contributed by atoms with Crippen LogP contribution in [-0.4, -0.2) is 36.2 Å². The Kier molecular flexibility index (Phi) is 5.02. The zero-order valence-electron chi connectivity index (χ0n) is 10.1. The lowest BCUT2D eigenvalue weighted by Gasteiger charge is -2.08. The summed E-state index contributed by atoms with van der Waals surface area (Å²) in [7, 11) is -7.18. The second-order valence-electron chi connectivity index (χ2n) is 3.67. The summed E-state index contributed by atoms with van der Waals surface area (Å²) in [5.41, 5.74) is 0.0334. The molecule has 0 aliphatic carbocycles. The Hall–Kier alpha value is -1.47. The quantitative estimate of drug-likeness (QED) is 0.680. The van der Waals surface area contributed by atoms with Crippen LogP contribution in [-0.2, 0) is 20.0 Å². The molecule has 7 nitrogen and oxygen atoms in total. The van der Waals surface area contributed by atoms with Crippen molar-refractivity contribution in [2.24, 2.45) is 0 Å². The van der Waals surface area contributed by atoms with Crippen LogP contribution < -0.4 is 9.44 Å². The lowest BCUT2D eigenvalue weighted by Crippen LogP contribution is -2.34. The first-order valence-electron chi connectivity index (χ1n) is 5.20. The maximum absolute atomic E-state index is 11.9. The summed E-state index contributed by atoms with van der Waals surface area (Å²) in [4.78, 5) is -0.128. The van der Waals surface area contributed by atoms with E-state index in [4.69, 9.17) is 5.26 Å². The van der Waals surface area contributed by atoms with Crippen LogP contribution in [0.3, 0.4) is 0 Å². The molecule has 1 rings (SSSR count). The summed E-state index contributed by atoms with van der Waals surface area (Å²) in [5, 5.41) is 8.83. The molecule has 0 unspecified atom stereocenters. The Morgan fingerprint density at radius 3 is 2.26 bits per heavy atom. The molecule has 0 aromatic heterocycles. The van der Waals surface area contributed by atoms with Gasteiger partial charge in [0.25, 0.3) is 0 Å². The number of nitriles is 1. The fourth-order valence-electron chi connectivity index (χ4n) is 1.29. The molecule has 0 aliphatic rings. The van der Waals surface area contributed by atoms with Gasteiger partial charge in [0.05, 0.1) is 16.7 Å². The summed E-state index contributed by atoms with van der Waals surface area (Å²) < 4.78 is 49.8. The van der Waals surface area contributed by atoms with Crippen LogP contribution >= 0.6 is 0 Å². The maximum Gasteiger partial charge on any atom is 0.241 e. The van der Waals surface area contributed by atoms with Crippen molar-refractivity contribution in [3.8, 4) is 6.07 Å². The molecular formula is C10H13N3O4S2. The van der Waals surface area contributed by atoms with Crippen LogP contribution in [0.1, 0.15) is 5.56 Å². The van der Waals surface area contributed by atoms with E-state index in [2.05, 4.69) is 9.44 Å².